The van der Waals surface area contributed by atoms with Gasteiger partial charge in [0.25, 0.3) is 11.8 Å². The maximum Gasteiger partial charge on any atom is 0.289 e. The molecule has 0 aromatic carbocycles. The molecule has 0 unspecified atom stereocenters. The molecule has 114 valence electrons. The summed E-state index contributed by atoms with van der Waals surface area (Å²) in [6, 6.07) is 3.44. The molecule has 0 radical (unpaired) electrons. The highest BCUT2D eigenvalue weighted by atomic mass is 16.5. The number of rotatable bonds is 2. The van der Waals surface area contributed by atoms with Gasteiger partial charge in [0.1, 0.15) is 6.10 Å². The molecular formula is C15H20N2O4. The van der Waals surface area contributed by atoms with Crippen LogP contribution in [0.15, 0.2) is 22.8 Å². The molecule has 0 bridgehead atoms. The minimum Gasteiger partial charge on any atom is -0.459 e. The quantitative estimate of drug-likeness (QED) is 0.820. The largest absolute Gasteiger partial charge is 0.459 e. The van der Waals surface area contributed by atoms with E-state index in [-0.39, 0.29) is 30.1 Å². The average molecular weight is 292 g/mol. The fourth-order valence-electron chi connectivity index (χ4n) is 3.19. The van der Waals surface area contributed by atoms with Crippen LogP contribution < -0.4 is 0 Å². The van der Waals surface area contributed by atoms with Gasteiger partial charge in [-0.1, -0.05) is 0 Å². The molecular weight excluding hydrogens is 272 g/mol. The molecule has 2 saturated heterocycles. The van der Waals surface area contributed by atoms with E-state index in [0.29, 0.717) is 18.7 Å². The molecule has 1 aromatic heterocycles. The summed E-state index contributed by atoms with van der Waals surface area (Å²) in [5.41, 5.74) is 0. The third kappa shape index (κ3) is 2.55. The van der Waals surface area contributed by atoms with Gasteiger partial charge in [-0.3, -0.25) is 9.59 Å². The summed E-state index contributed by atoms with van der Waals surface area (Å²) in [4.78, 5) is 27.8. The van der Waals surface area contributed by atoms with Crippen LogP contribution in [0.2, 0.25) is 0 Å². The number of ether oxygens (including phenoxy) is 1. The lowest BCUT2D eigenvalue weighted by Gasteiger charge is -2.35. The molecule has 2 aliphatic rings. The van der Waals surface area contributed by atoms with Crippen molar-refractivity contribution in [1.82, 2.24) is 9.80 Å². The van der Waals surface area contributed by atoms with Crippen LogP contribution in [0.3, 0.4) is 0 Å². The van der Waals surface area contributed by atoms with E-state index in [1.54, 1.807) is 31.1 Å². The first-order valence-corrected chi connectivity index (χ1v) is 7.29. The maximum atomic E-state index is 12.4. The number of nitrogens with zero attached hydrogens (tertiary/aromatic N) is 2. The summed E-state index contributed by atoms with van der Waals surface area (Å²) in [6.45, 7) is 0.651. The van der Waals surface area contributed by atoms with Crippen LogP contribution >= 0.6 is 0 Å². The Kier molecular flexibility index (Phi) is 3.71. The van der Waals surface area contributed by atoms with Gasteiger partial charge in [0.05, 0.1) is 18.4 Å². The first-order valence-electron chi connectivity index (χ1n) is 7.29. The predicted molar refractivity (Wildman–Crippen MR) is 74.7 cm³/mol. The Morgan fingerprint density at radius 3 is 2.76 bits per heavy atom. The summed E-state index contributed by atoms with van der Waals surface area (Å²) in [5, 5.41) is 0. The molecule has 0 aliphatic carbocycles. The summed E-state index contributed by atoms with van der Waals surface area (Å²) in [7, 11) is 3.47. The van der Waals surface area contributed by atoms with E-state index in [1.807, 2.05) is 4.90 Å². The Morgan fingerprint density at radius 1 is 1.29 bits per heavy atom. The minimum absolute atomic E-state index is 0.00395. The highest BCUT2D eigenvalue weighted by molar-refractivity contribution is 5.92. The first-order chi connectivity index (χ1) is 10.1. The third-order valence-electron chi connectivity index (χ3n) is 4.26. The Morgan fingerprint density at radius 2 is 2.10 bits per heavy atom. The molecule has 2 amide bonds. The predicted octanol–water partition coefficient (Wildman–Crippen LogP) is 1.13. The van der Waals surface area contributed by atoms with E-state index in [9.17, 15) is 9.59 Å². The molecule has 21 heavy (non-hydrogen) atoms. The lowest BCUT2D eigenvalue weighted by molar-refractivity contribution is -0.151. The highest BCUT2D eigenvalue weighted by Gasteiger charge is 2.44. The van der Waals surface area contributed by atoms with E-state index in [1.165, 1.54) is 6.26 Å². The molecule has 1 aromatic rings. The number of carbonyl (C=O) groups is 2. The van der Waals surface area contributed by atoms with Gasteiger partial charge in [0.2, 0.25) is 0 Å². The number of carbonyl (C=O) groups excluding carboxylic acids is 2. The van der Waals surface area contributed by atoms with Gasteiger partial charge in [-0.2, -0.15) is 0 Å². The van der Waals surface area contributed by atoms with Crippen molar-refractivity contribution in [2.75, 3.05) is 20.6 Å². The fraction of sp³-hybridized carbons (Fsp3) is 0.600. The van der Waals surface area contributed by atoms with Gasteiger partial charge in [-0.25, -0.2) is 0 Å². The number of hydrogen-bond acceptors (Lipinski definition) is 4. The standard InChI is InChI=1S/C15H20N2O4/c1-16(2)14(18)13-6-5-10-11(21-13)7-8-17(10)15(19)12-4-3-9-20-12/h3-4,9-11,13H,5-8H2,1-2H3/t10-,11-,13-/m0/s1. The Hall–Kier alpha value is -1.82. The van der Waals surface area contributed by atoms with E-state index in [2.05, 4.69) is 0 Å². The Balaban J connectivity index is 1.67. The third-order valence-corrected chi connectivity index (χ3v) is 4.26. The van der Waals surface area contributed by atoms with E-state index >= 15 is 0 Å². The van der Waals surface area contributed by atoms with Gasteiger partial charge < -0.3 is 19.0 Å². The topological polar surface area (TPSA) is 63.0 Å². The summed E-state index contributed by atoms with van der Waals surface area (Å²) in [5.74, 6) is 0.278. The van der Waals surface area contributed by atoms with E-state index in [0.717, 1.165) is 12.8 Å². The zero-order chi connectivity index (χ0) is 15.0. The number of furan rings is 1. The van der Waals surface area contributed by atoms with Crippen molar-refractivity contribution in [3.05, 3.63) is 24.2 Å². The lowest BCUT2D eigenvalue weighted by Crippen LogP contribution is -2.48. The van der Waals surface area contributed by atoms with Gasteiger partial charge >= 0.3 is 0 Å². The van der Waals surface area contributed by atoms with E-state index < -0.39 is 0 Å². The second-order valence-corrected chi connectivity index (χ2v) is 5.81. The van der Waals surface area contributed by atoms with Gasteiger partial charge in [0, 0.05) is 20.6 Å². The second kappa shape index (κ2) is 5.52. The van der Waals surface area contributed by atoms with Crippen LogP contribution in [0.4, 0.5) is 0 Å². The normalized spacial score (nSPS) is 28.3. The molecule has 2 aliphatic heterocycles. The van der Waals surface area contributed by atoms with Gasteiger partial charge in [0.15, 0.2) is 5.76 Å². The van der Waals surface area contributed by atoms with Crippen molar-refractivity contribution >= 4 is 11.8 Å². The maximum absolute atomic E-state index is 12.4. The molecule has 0 spiro atoms. The van der Waals surface area contributed by atoms with Crippen molar-refractivity contribution in [2.45, 2.75) is 37.5 Å². The van der Waals surface area contributed by atoms with Crippen LogP contribution in [0.25, 0.3) is 0 Å². The highest BCUT2D eigenvalue weighted by Crippen LogP contribution is 2.32. The number of fused-ring (bicyclic) bond motifs is 1. The monoisotopic (exact) mass is 292 g/mol. The van der Waals surface area contributed by atoms with E-state index in [4.69, 9.17) is 9.15 Å². The average Bonchev–Trinajstić information content (AvgIpc) is 3.14. The number of likely N-dealkylation sites (N-methyl/N-ethyl adjacent to an activating group) is 1. The first kappa shape index (κ1) is 14.1. The number of amides is 2. The van der Waals surface area contributed by atoms with Gasteiger partial charge in [-0.05, 0) is 31.4 Å². The van der Waals surface area contributed by atoms with Crippen LogP contribution in [-0.2, 0) is 9.53 Å². The van der Waals surface area contributed by atoms with Crippen molar-refractivity contribution in [2.24, 2.45) is 0 Å². The summed E-state index contributed by atoms with van der Waals surface area (Å²) >= 11 is 0. The molecule has 3 heterocycles. The SMILES string of the molecule is CN(C)C(=O)[C@@H]1CC[C@H]2[C@H](CCN2C(=O)c2ccco2)O1. The van der Waals surface area contributed by atoms with Crippen LogP contribution in [0.1, 0.15) is 29.8 Å². The zero-order valence-electron chi connectivity index (χ0n) is 12.3. The van der Waals surface area contributed by atoms with Gasteiger partial charge in [-0.15, -0.1) is 0 Å². The van der Waals surface area contributed by atoms with Crippen LogP contribution in [0.5, 0.6) is 0 Å². The molecule has 0 saturated carbocycles. The van der Waals surface area contributed by atoms with Crippen LogP contribution in [0, 0.1) is 0 Å². The smallest absolute Gasteiger partial charge is 0.289 e. The van der Waals surface area contributed by atoms with Crippen molar-refractivity contribution < 1.29 is 18.7 Å². The van der Waals surface area contributed by atoms with Crippen molar-refractivity contribution in [3.63, 3.8) is 0 Å². The Bertz CT molecular complexity index is 526. The Labute approximate surface area is 123 Å². The van der Waals surface area contributed by atoms with Crippen molar-refractivity contribution in [1.29, 1.82) is 0 Å². The molecule has 3 atom stereocenters. The molecule has 2 fully saturated rings. The second-order valence-electron chi connectivity index (χ2n) is 5.81. The molecule has 6 nitrogen and oxygen atoms in total. The molecule has 3 rings (SSSR count). The zero-order valence-corrected chi connectivity index (χ0v) is 12.3. The minimum atomic E-state index is -0.375. The number of likely N-dealkylation sites (tertiary alicyclic amines) is 1. The lowest BCUT2D eigenvalue weighted by atomic mass is 9.98. The van der Waals surface area contributed by atoms with Crippen LogP contribution in [-0.4, -0.2) is 60.5 Å². The molecule has 6 heteroatoms. The summed E-state index contributed by atoms with van der Waals surface area (Å²) in [6.07, 6.45) is 3.30. The number of hydrogen-bond donors (Lipinski definition) is 0. The molecule has 0 N–H and O–H groups in total. The summed E-state index contributed by atoms with van der Waals surface area (Å²) < 4.78 is 11.1. The van der Waals surface area contributed by atoms with Crippen molar-refractivity contribution in [3.8, 4) is 0 Å². The fourth-order valence-corrected chi connectivity index (χ4v) is 3.19.